The van der Waals surface area contributed by atoms with E-state index in [2.05, 4.69) is 5.32 Å². The molecule has 0 fully saturated rings. The van der Waals surface area contributed by atoms with Crippen molar-refractivity contribution in [3.63, 3.8) is 0 Å². The third-order valence-electron chi connectivity index (χ3n) is 2.56. The van der Waals surface area contributed by atoms with Crippen LogP contribution in [0.4, 0.5) is 5.69 Å². The predicted octanol–water partition coefficient (Wildman–Crippen LogP) is 3.79. The maximum atomic E-state index is 11.9. The summed E-state index contributed by atoms with van der Waals surface area (Å²) in [6.07, 6.45) is 0. The molecule has 0 aliphatic heterocycles. The lowest BCUT2D eigenvalue weighted by molar-refractivity contribution is -0.119. The van der Waals surface area contributed by atoms with Gasteiger partial charge in [-0.2, -0.15) is 0 Å². The van der Waals surface area contributed by atoms with Crippen molar-refractivity contribution in [3.8, 4) is 0 Å². The lowest BCUT2D eigenvalue weighted by Gasteiger charge is -2.08. The SMILES string of the molecule is O=C(COC(=O)c1c(Cl)cccc1Cl)Nc1ccccc1. The summed E-state index contributed by atoms with van der Waals surface area (Å²) in [6.45, 7) is -0.421. The fourth-order valence-corrected chi connectivity index (χ4v) is 2.17. The number of nitrogens with one attached hydrogen (secondary N) is 1. The van der Waals surface area contributed by atoms with Crippen molar-refractivity contribution in [3.05, 3.63) is 64.1 Å². The summed E-state index contributed by atoms with van der Waals surface area (Å²) in [6, 6.07) is 13.5. The minimum atomic E-state index is -0.742. The van der Waals surface area contributed by atoms with E-state index in [4.69, 9.17) is 27.9 Å². The standard InChI is InChI=1S/C15H11Cl2NO3/c16-11-7-4-8-12(17)14(11)15(20)21-9-13(19)18-10-5-2-1-3-6-10/h1-8H,9H2,(H,18,19). The molecule has 0 saturated carbocycles. The summed E-state index contributed by atoms with van der Waals surface area (Å²) in [7, 11) is 0. The molecule has 0 unspecified atom stereocenters. The van der Waals surface area contributed by atoms with Crippen molar-refractivity contribution in [1.82, 2.24) is 0 Å². The van der Waals surface area contributed by atoms with Gasteiger partial charge < -0.3 is 10.1 Å². The molecule has 1 N–H and O–H groups in total. The summed E-state index contributed by atoms with van der Waals surface area (Å²) in [5.41, 5.74) is 0.669. The van der Waals surface area contributed by atoms with Crippen molar-refractivity contribution >= 4 is 40.8 Å². The maximum Gasteiger partial charge on any atom is 0.341 e. The number of rotatable bonds is 4. The number of carbonyl (C=O) groups is 2. The molecule has 108 valence electrons. The number of para-hydroxylation sites is 1. The van der Waals surface area contributed by atoms with Crippen molar-refractivity contribution < 1.29 is 14.3 Å². The normalized spacial score (nSPS) is 10.0. The van der Waals surface area contributed by atoms with Crippen LogP contribution in [0.1, 0.15) is 10.4 Å². The molecular weight excluding hydrogens is 313 g/mol. The first-order valence-electron chi connectivity index (χ1n) is 6.04. The Morgan fingerprint density at radius 3 is 2.19 bits per heavy atom. The topological polar surface area (TPSA) is 55.4 Å². The second-order valence-electron chi connectivity index (χ2n) is 4.09. The molecule has 21 heavy (non-hydrogen) atoms. The van der Waals surface area contributed by atoms with E-state index >= 15 is 0 Å². The van der Waals surface area contributed by atoms with Crippen LogP contribution in [0.2, 0.25) is 10.0 Å². The molecule has 0 saturated heterocycles. The first-order chi connectivity index (χ1) is 10.1. The number of ether oxygens (including phenoxy) is 1. The molecule has 2 rings (SSSR count). The van der Waals surface area contributed by atoms with E-state index in [0.717, 1.165) is 0 Å². The third kappa shape index (κ3) is 4.21. The molecular formula is C15H11Cl2NO3. The smallest absolute Gasteiger partial charge is 0.341 e. The van der Waals surface area contributed by atoms with Gasteiger partial charge in [0, 0.05) is 5.69 Å². The molecule has 0 radical (unpaired) electrons. The molecule has 4 nitrogen and oxygen atoms in total. The first-order valence-corrected chi connectivity index (χ1v) is 6.79. The van der Waals surface area contributed by atoms with Crippen LogP contribution in [0.3, 0.4) is 0 Å². The zero-order valence-corrected chi connectivity index (χ0v) is 12.3. The minimum Gasteiger partial charge on any atom is -0.452 e. The molecule has 0 aliphatic rings. The molecule has 0 aliphatic carbocycles. The maximum absolute atomic E-state index is 11.9. The van der Waals surface area contributed by atoms with Gasteiger partial charge in [0.05, 0.1) is 15.6 Å². The molecule has 1 amide bonds. The summed E-state index contributed by atoms with van der Waals surface area (Å²) >= 11 is 11.8. The highest BCUT2D eigenvalue weighted by atomic mass is 35.5. The van der Waals surface area contributed by atoms with Crippen LogP contribution in [0, 0.1) is 0 Å². The second kappa shape index (κ2) is 7.11. The van der Waals surface area contributed by atoms with Gasteiger partial charge >= 0.3 is 5.97 Å². The highest BCUT2D eigenvalue weighted by Crippen LogP contribution is 2.24. The number of hydrogen-bond acceptors (Lipinski definition) is 3. The average Bonchev–Trinajstić information content (AvgIpc) is 2.46. The monoisotopic (exact) mass is 323 g/mol. The molecule has 6 heteroatoms. The summed E-state index contributed by atoms with van der Waals surface area (Å²) in [5, 5.41) is 2.95. The molecule has 0 atom stereocenters. The van der Waals surface area contributed by atoms with E-state index in [1.54, 1.807) is 30.3 Å². The van der Waals surface area contributed by atoms with E-state index < -0.39 is 18.5 Å². The van der Waals surface area contributed by atoms with Crippen molar-refractivity contribution in [2.45, 2.75) is 0 Å². The minimum absolute atomic E-state index is 0.0494. The molecule has 0 spiro atoms. The second-order valence-corrected chi connectivity index (χ2v) is 4.90. The van der Waals surface area contributed by atoms with Crippen LogP contribution in [-0.2, 0) is 9.53 Å². The van der Waals surface area contributed by atoms with Gasteiger partial charge in [0.15, 0.2) is 6.61 Å². The van der Waals surface area contributed by atoms with E-state index in [-0.39, 0.29) is 15.6 Å². The molecule has 2 aromatic carbocycles. The van der Waals surface area contributed by atoms with Gasteiger partial charge in [-0.3, -0.25) is 4.79 Å². The first kappa shape index (κ1) is 15.4. The lowest BCUT2D eigenvalue weighted by atomic mass is 10.2. The fraction of sp³-hybridized carbons (Fsp3) is 0.0667. The molecule has 2 aromatic rings. The van der Waals surface area contributed by atoms with Crippen LogP contribution < -0.4 is 5.32 Å². The summed E-state index contributed by atoms with van der Waals surface area (Å²) in [4.78, 5) is 23.5. The molecule has 0 aromatic heterocycles. The number of amides is 1. The Morgan fingerprint density at radius 2 is 1.57 bits per heavy atom. The van der Waals surface area contributed by atoms with Crippen LogP contribution >= 0.6 is 23.2 Å². The number of anilines is 1. The third-order valence-corrected chi connectivity index (χ3v) is 3.19. The average molecular weight is 324 g/mol. The predicted molar refractivity (Wildman–Crippen MR) is 81.8 cm³/mol. The van der Waals surface area contributed by atoms with E-state index in [1.165, 1.54) is 12.1 Å². The Bertz CT molecular complexity index is 639. The Labute approximate surface area is 131 Å². The zero-order chi connectivity index (χ0) is 15.2. The highest BCUT2D eigenvalue weighted by molar-refractivity contribution is 6.39. The quantitative estimate of drug-likeness (QED) is 0.871. The van der Waals surface area contributed by atoms with Gasteiger partial charge in [0.2, 0.25) is 0 Å². The van der Waals surface area contributed by atoms with Gasteiger partial charge in [0.25, 0.3) is 5.91 Å². The Kier molecular flexibility index (Phi) is 5.20. The van der Waals surface area contributed by atoms with Crippen molar-refractivity contribution in [2.75, 3.05) is 11.9 Å². The van der Waals surface area contributed by atoms with E-state index in [1.807, 2.05) is 6.07 Å². The number of benzene rings is 2. The van der Waals surface area contributed by atoms with Crippen LogP contribution in [0.25, 0.3) is 0 Å². The largest absolute Gasteiger partial charge is 0.452 e. The summed E-state index contributed by atoms with van der Waals surface area (Å²) < 4.78 is 4.90. The van der Waals surface area contributed by atoms with Crippen LogP contribution in [0.15, 0.2) is 48.5 Å². The number of halogens is 2. The van der Waals surface area contributed by atoms with E-state index in [9.17, 15) is 9.59 Å². The fourth-order valence-electron chi connectivity index (χ4n) is 1.61. The van der Waals surface area contributed by atoms with Gasteiger partial charge in [-0.15, -0.1) is 0 Å². The van der Waals surface area contributed by atoms with E-state index in [0.29, 0.717) is 5.69 Å². The molecule has 0 bridgehead atoms. The Hall–Kier alpha value is -2.04. The number of hydrogen-bond donors (Lipinski definition) is 1. The zero-order valence-electron chi connectivity index (χ0n) is 10.8. The number of esters is 1. The number of carbonyl (C=O) groups excluding carboxylic acids is 2. The Morgan fingerprint density at radius 1 is 0.952 bits per heavy atom. The van der Waals surface area contributed by atoms with Crippen LogP contribution in [0.5, 0.6) is 0 Å². The summed E-state index contributed by atoms with van der Waals surface area (Å²) in [5.74, 6) is -1.19. The highest BCUT2D eigenvalue weighted by Gasteiger charge is 2.17. The van der Waals surface area contributed by atoms with Gasteiger partial charge in [-0.25, -0.2) is 4.79 Å². The lowest BCUT2D eigenvalue weighted by Crippen LogP contribution is -2.21. The van der Waals surface area contributed by atoms with Crippen molar-refractivity contribution in [2.24, 2.45) is 0 Å². The van der Waals surface area contributed by atoms with Gasteiger partial charge in [-0.1, -0.05) is 47.5 Å². The van der Waals surface area contributed by atoms with Crippen molar-refractivity contribution in [1.29, 1.82) is 0 Å². The Balaban J connectivity index is 1.94. The van der Waals surface area contributed by atoms with Gasteiger partial charge in [0.1, 0.15) is 0 Å². The molecule has 0 heterocycles. The van der Waals surface area contributed by atoms with Crippen LogP contribution in [-0.4, -0.2) is 18.5 Å². The van der Waals surface area contributed by atoms with Gasteiger partial charge in [-0.05, 0) is 24.3 Å².